The summed E-state index contributed by atoms with van der Waals surface area (Å²) in [6.45, 7) is 4.52. The molecule has 0 aromatic heterocycles. The standard InChI is InChI=1S/C19H26N4O4/c1-26-16-4-2-15(3-5-16)17-6-7-19(25)23(21-17)14-18(24)20-8-9-22-10-12-27-13-11-22/h2-5H,6-14H2,1H3,(H,20,24). The van der Waals surface area contributed by atoms with Crippen LogP contribution >= 0.6 is 0 Å². The van der Waals surface area contributed by atoms with Gasteiger partial charge < -0.3 is 14.8 Å². The van der Waals surface area contributed by atoms with Gasteiger partial charge in [-0.3, -0.25) is 14.5 Å². The maximum atomic E-state index is 12.2. The van der Waals surface area contributed by atoms with Crippen LogP contribution in [0.5, 0.6) is 5.75 Å². The molecule has 146 valence electrons. The molecule has 0 aliphatic carbocycles. The number of hydrazone groups is 1. The van der Waals surface area contributed by atoms with Gasteiger partial charge >= 0.3 is 0 Å². The fourth-order valence-electron chi connectivity index (χ4n) is 3.09. The van der Waals surface area contributed by atoms with E-state index in [9.17, 15) is 9.59 Å². The number of rotatable bonds is 7. The first kappa shape index (κ1) is 19.3. The predicted octanol–water partition coefficient (Wildman–Crippen LogP) is 0.470. The number of benzene rings is 1. The second kappa shape index (κ2) is 9.48. The van der Waals surface area contributed by atoms with Crippen LogP contribution in [0, 0.1) is 0 Å². The SMILES string of the molecule is COc1ccc(C2=NN(CC(=O)NCCN3CCOCC3)C(=O)CC2)cc1. The van der Waals surface area contributed by atoms with Gasteiger partial charge in [0.25, 0.3) is 0 Å². The molecule has 2 aliphatic heterocycles. The van der Waals surface area contributed by atoms with E-state index >= 15 is 0 Å². The zero-order valence-electron chi connectivity index (χ0n) is 15.6. The van der Waals surface area contributed by atoms with Crippen LogP contribution in [0.3, 0.4) is 0 Å². The molecule has 27 heavy (non-hydrogen) atoms. The van der Waals surface area contributed by atoms with Crippen LogP contribution in [0.1, 0.15) is 18.4 Å². The number of carbonyl (C=O) groups excluding carboxylic acids is 2. The van der Waals surface area contributed by atoms with Crippen molar-refractivity contribution >= 4 is 17.5 Å². The van der Waals surface area contributed by atoms with Crippen molar-refractivity contribution in [2.24, 2.45) is 5.10 Å². The van der Waals surface area contributed by atoms with E-state index in [1.165, 1.54) is 5.01 Å². The molecule has 3 rings (SSSR count). The molecule has 0 spiro atoms. The van der Waals surface area contributed by atoms with Crippen LogP contribution < -0.4 is 10.1 Å². The van der Waals surface area contributed by atoms with Crippen molar-refractivity contribution in [3.05, 3.63) is 29.8 Å². The number of morpholine rings is 1. The number of nitrogens with zero attached hydrogens (tertiary/aromatic N) is 3. The summed E-state index contributed by atoms with van der Waals surface area (Å²) in [6, 6.07) is 7.54. The van der Waals surface area contributed by atoms with Crippen LogP contribution in [0.25, 0.3) is 0 Å². The van der Waals surface area contributed by atoms with Gasteiger partial charge in [-0.15, -0.1) is 0 Å². The fourth-order valence-corrected chi connectivity index (χ4v) is 3.09. The lowest BCUT2D eigenvalue weighted by Gasteiger charge is -2.27. The minimum Gasteiger partial charge on any atom is -0.497 e. The molecule has 2 aliphatic rings. The maximum absolute atomic E-state index is 12.2. The number of carbonyl (C=O) groups is 2. The van der Waals surface area contributed by atoms with E-state index in [1.54, 1.807) is 7.11 Å². The fraction of sp³-hybridized carbons (Fsp3) is 0.526. The Hall–Kier alpha value is -2.45. The smallest absolute Gasteiger partial charge is 0.243 e. The number of amides is 2. The first-order valence-corrected chi connectivity index (χ1v) is 9.25. The molecule has 0 radical (unpaired) electrons. The van der Waals surface area contributed by atoms with Gasteiger partial charge in [-0.1, -0.05) is 0 Å². The lowest BCUT2D eigenvalue weighted by atomic mass is 10.0. The highest BCUT2D eigenvalue weighted by Gasteiger charge is 2.23. The molecule has 1 aromatic carbocycles. The molecule has 8 nitrogen and oxygen atoms in total. The number of hydrogen-bond donors (Lipinski definition) is 1. The topological polar surface area (TPSA) is 83.5 Å². The van der Waals surface area contributed by atoms with Gasteiger partial charge in [0.15, 0.2) is 0 Å². The van der Waals surface area contributed by atoms with Gasteiger partial charge in [0.05, 0.1) is 26.0 Å². The highest BCUT2D eigenvalue weighted by atomic mass is 16.5. The largest absolute Gasteiger partial charge is 0.497 e. The molecule has 1 fully saturated rings. The highest BCUT2D eigenvalue weighted by molar-refractivity contribution is 6.04. The zero-order chi connectivity index (χ0) is 19.1. The Morgan fingerprint density at radius 3 is 2.67 bits per heavy atom. The van der Waals surface area contributed by atoms with Gasteiger partial charge in [0.2, 0.25) is 11.8 Å². The van der Waals surface area contributed by atoms with Crippen molar-refractivity contribution in [1.82, 2.24) is 15.2 Å². The first-order valence-electron chi connectivity index (χ1n) is 9.25. The second-order valence-corrected chi connectivity index (χ2v) is 6.53. The van der Waals surface area contributed by atoms with E-state index in [2.05, 4.69) is 15.3 Å². The van der Waals surface area contributed by atoms with Gasteiger partial charge in [-0.25, -0.2) is 5.01 Å². The Morgan fingerprint density at radius 2 is 1.96 bits per heavy atom. The van der Waals surface area contributed by atoms with Gasteiger partial charge in [0, 0.05) is 39.0 Å². The second-order valence-electron chi connectivity index (χ2n) is 6.53. The molecular weight excluding hydrogens is 348 g/mol. The summed E-state index contributed by atoms with van der Waals surface area (Å²) in [5.41, 5.74) is 1.74. The van der Waals surface area contributed by atoms with E-state index in [0.717, 1.165) is 49.9 Å². The summed E-state index contributed by atoms with van der Waals surface area (Å²) >= 11 is 0. The quantitative estimate of drug-likeness (QED) is 0.750. The van der Waals surface area contributed by atoms with Crippen LogP contribution in [0.2, 0.25) is 0 Å². The van der Waals surface area contributed by atoms with Crippen molar-refractivity contribution in [2.75, 3.05) is 53.0 Å². The monoisotopic (exact) mass is 374 g/mol. The van der Waals surface area contributed by atoms with Crippen LogP contribution in [0.15, 0.2) is 29.4 Å². The molecule has 0 atom stereocenters. The van der Waals surface area contributed by atoms with E-state index in [-0.39, 0.29) is 18.4 Å². The van der Waals surface area contributed by atoms with E-state index < -0.39 is 0 Å². The summed E-state index contributed by atoms with van der Waals surface area (Å²) in [6.07, 6.45) is 0.923. The van der Waals surface area contributed by atoms with Gasteiger partial charge in [-0.2, -0.15) is 5.10 Å². The van der Waals surface area contributed by atoms with E-state index in [1.807, 2.05) is 24.3 Å². The van der Waals surface area contributed by atoms with Gasteiger partial charge in [-0.05, 0) is 29.8 Å². The Labute approximate surface area is 159 Å². The van der Waals surface area contributed by atoms with E-state index in [0.29, 0.717) is 19.4 Å². The molecule has 1 saturated heterocycles. The highest BCUT2D eigenvalue weighted by Crippen LogP contribution is 2.18. The van der Waals surface area contributed by atoms with Crippen molar-refractivity contribution in [3.8, 4) is 5.75 Å². The van der Waals surface area contributed by atoms with E-state index in [4.69, 9.17) is 9.47 Å². The predicted molar refractivity (Wildman–Crippen MR) is 101 cm³/mol. The molecule has 1 N–H and O–H groups in total. The molecule has 0 unspecified atom stereocenters. The third kappa shape index (κ3) is 5.51. The molecule has 0 saturated carbocycles. The molecule has 2 heterocycles. The average molecular weight is 374 g/mol. The molecule has 8 heteroatoms. The molecule has 0 bridgehead atoms. The summed E-state index contributed by atoms with van der Waals surface area (Å²) in [4.78, 5) is 26.6. The number of methoxy groups -OCH3 is 1. The minimum atomic E-state index is -0.198. The van der Waals surface area contributed by atoms with Crippen molar-refractivity contribution < 1.29 is 19.1 Å². The third-order valence-electron chi connectivity index (χ3n) is 4.68. The minimum absolute atomic E-state index is 0.0540. The Kier molecular flexibility index (Phi) is 6.78. The summed E-state index contributed by atoms with van der Waals surface area (Å²) in [5.74, 6) is 0.440. The summed E-state index contributed by atoms with van der Waals surface area (Å²) in [7, 11) is 1.62. The summed E-state index contributed by atoms with van der Waals surface area (Å²) in [5, 5.41) is 8.54. The van der Waals surface area contributed by atoms with Crippen LogP contribution in [0.4, 0.5) is 0 Å². The summed E-state index contributed by atoms with van der Waals surface area (Å²) < 4.78 is 10.5. The average Bonchev–Trinajstić information content (AvgIpc) is 2.70. The Balaban J connectivity index is 1.52. The first-order chi connectivity index (χ1) is 13.2. The van der Waals surface area contributed by atoms with Crippen LogP contribution in [-0.4, -0.2) is 80.5 Å². The number of nitrogens with one attached hydrogen (secondary N) is 1. The lowest BCUT2D eigenvalue weighted by Crippen LogP contribution is -2.44. The van der Waals surface area contributed by atoms with Crippen LogP contribution in [-0.2, 0) is 14.3 Å². The Bertz CT molecular complexity index is 683. The van der Waals surface area contributed by atoms with Gasteiger partial charge in [0.1, 0.15) is 12.3 Å². The van der Waals surface area contributed by atoms with Crippen molar-refractivity contribution in [2.45, 2.75) is 12.8 Å². The molecule has 2 amide bonds. The maximum Gasteiger partial charge on any atom is 0.243 e. The number of ether oxygens (including phenoxy) is 2. The van der Waals surface area contributed by atoms with Crippen molar-refractivity contribution in [3.63, 3.8) is 0 Å². The number of hydrogen-bond acceptors (Lipinski definition) is 6. The Morgan fingerprint density at radius 1 is 1.22 bits per heavy atom. The zero-order valence-corrected chi connectivity index (χ0v) is 15.6. The molecule has 1 aromatic rings. The van der Waals surface area contributed by atoms with Crippen molar-refractivity contribution in [1.29, 1.82) is 0 Å². The molecular formula is C19H26N4O4. The normalized spacial score (nSPS) is 18.2. The lowest BCUT2D eigenvalue weighted by molar-refractivity contribution is -0.136. The third-order valence-corrected chi connectivity index (χ3v) is 4.68.